The molecule has 0 aliphatic carbocycles. The molecule has 0 saturated carbocycles. The molecule has 1 atom stereocenters. The van der Waals surface area contributed by atoms with Gasteiger partial charge in [-0.3, -0.25) is 9.52 Å². The topological polar surface area (TPSA) is 75.3 Å². The minimum Gasteiger partial charge on any atom is -0.341 e. The van der Waals surface area contributed by atoms with Gasteiger partial charge in [-0.25, -0.2) is 8.42 Å². The van der Waals surface area contributed by atoms with Crippen molar-refractivity contribution < 1.29 is 13.2 Å². The van der Waals surface area contributed by atoms with Gasteiger partial charge >= 0.3 is 0 Å². The number of rotatable bonds is 7. The van der Waals surface area contributed by atoms with Crippen molar-refractivity contribution in [3.63, 3.8) is 0 Å². The van der Waals surface area contributed by atoms with E-state index in [1.807, 2.05) is 61.5 Å². The summed E-state index contributed by atoms with van der Waals surface area (Å²) < 4.78 is 27.7. The second-order valence-electron chi connectivity index (χ2n) is 7.79. The number of halogens is 1. The molecule has 5 nitrogen and oxygen atoms in total. The highest BCUT2D eigenvalue weighted by Crippen LogP contribution is 2.28. The van der Waals surface area contributed by atoms with Gasteiger partial charge in [0.15, 0.2) is 0 Å². The van der Waals surface area contributed by atoms with Crippen LogP contribution >= 0.6 is 11.6 Å². The summed E-state index contributed by atoms with van der Waals surface area (Å²) in [6.07, 6.45) is 0. The lowest BCUT2D eigenvalue weighted by atomic mass is 9.94. The number of hydrogen-bond acceptors (Lipinski definition) is 3. The average Bonchev–Trinajstić information content (AvgIpc) is 2.84. The van der Waals surface area contributed by atoms with Crippen molar-refractivity contribution in [3.8, 4) is 0 Å². The quantitative estimate of drug-likeness (QED) is 0.335. The summed E-state index contributed by atoms with van der Waals surface area (Å²) >= 11 is 6.41. The maximum atomic E-state index is 13.2. The van der Waals surface area contributed by atoms with E-state index in [1.54, 1.807) is 18.2 Å². The van der Waals surface area contributed by atoms with E-state index in [4.69, 9.17) is 11.6 Å². The van der Waals surface area contributed by atoms with Crippen molar-refractivity contribution in [2.45, 2.75) is 17.9 Å². The molecule has 2 N–H and O–H groups in total. The number of hydrogen-bond donors (Lipinski definition) is 2. The van der Waals surface area contributed by atoms with Gasteiger partial charge < -0.3 is 5.32 Å². The normalized spacial score (nSPS) is 12.1. The number of amides is 1. The Morgan fingerprint density at radius 2 is 1.44 bits per heavy atom. The van der Waals surface area contributed by atoms with Crippen molar-refractivity contribution in [3.05, 3.63) is 130 Å². The zero-order chi connectivity index (χ0) is 24.1. The lowest BCUT2D eigenvalue weighted by Gasteiger charge is -2.22. The molecule has 0 spiro atoms. The van der Waals surface area contributed by atoms with Gasteiger partial charge in [0.05, 0.1) is 27.2 Å². The number of anilines is 1. The van der Waals surface area contributed by atoms with E-state index >= 15 is 0 Å². The van der Waals surface area contributed by atoms with Crippen LogP contribution in [-0.4, -0.2) is 14.3 Å². The Morgan fingerprint density at radius 3 is 2.09 bits per heavy atom. The third-order valence-corrected chi connectivity index (χ3v) is 7.14. The van der Waals surface area contributed by atoms with Crippen molar-refractivity contribution in [2.24, 2.45) is 0 Å². The van der Waals surface area contributed by atoms with Gasteiger partial charge in [-0.1, -0.05) is 84.4 Å². The van der Waals surface area contributed by atoms with Crippen molar-refractivity contribution in [1.82, 2.24) is 5.32 Å². The van der Waals surface area contributed by atoms with E-state index in [0.29, 0.717) is 0 Å². The van der Waals surface area contributed by atoms with Crippen LogP contribution in [0.2, 0.25) is 5.02 Å². The SMILES string of the molecule is Cc1ccccc1[C@@H](NC(=O)c1ccc(NS(=O)(=O)c2ccccc2)cc1Cl)c1ccccc1. The van der Waals surface area contributed by atoms with Crippen molar-refractivity contribution >= 4 is 33.2 Å². The molecule has 0 aliphatic heterocycles. The van der Waals surface area contributed by atoms with Gasteiger partial charge in [0.2, 0.25) is 0 Å². The lowest BCUT2D eigenvalue weighted by molar-refractivity contribution is 0.0943. The zero-order valence-electron chi connectivity index (χ0n) is 18.4. The van der Waals surface area contributed by atoms with Crippen LogP contribution < -0.4 is 10.0 Å². The standard InChI is InChI=1S/C27H23ClN2O3S/c1-19-10-8-9-15-23(19)26(20-11-4-2-5-12-20)29-27(31)24-17-16-21(18-25(24)28)30-34(32,33)22-13-6-3-7-14-22/h2-18,26,30H,1H3,(H,29,31)/t26-/m0/s1. The number of benzene rings is 4. The predicted molar refractivity (Wildman–Crippen MR) is 136 cm³/mol. The predicted octanol–water partition coefficient (Wildman–Crippen LogP) is 5.97. The van der Waals surface area contributed by atoms with Crippen molar-refractivity contribution in [1.29, 1.82) is 0 Å². The summed E-state index contributed by atoms with van der Waals surface area (Å²) in [5, 5.41) is 3.22. The van der Waals surface area contributed by atoms with E-state index in [1.165, 1.54) is 30.3 Å². The molecule has 1 amide bonds. The minimum absolute atomic E-state index is 0.136. The Hall–Kier alpha value is -3.61. The van der Waals surface area contributed by atoms with E-state index in [-0.39, 0.29) is 33.1 Å². The molecule has 0 fully saturated rings. The minimum atomic E-state index is -3.77. The van der Waals surface area contributed by atoms with Gasteiger partial charge in [-0.15, -0.1) is 0 Å². The van der Waals surface area contributed by atoms with E-state index in [0.717, 1.165) is 16.7 Å². The maximum Gasteiger partial charge on any atom is 0.261 e. The van der Waals surface area contributed by atoms with Crippen LogP contribution in [0.3, 0.4) is 0 Å². The van der Waals surface area contributed by atoms with E-state index in [2.05, 4.69) is 10.0 Å². The van der Waals surface area contributed by atoms with Crippen LogP contribution in [0.15, 0.2) is 108 Å². The van der Waals surface area contributed by atoms with Gasteiger partial charge in [-0.2, -0.15) is 0 Å². The van der Waals surface area contributed by atoms with Crippen LogP contribution in [0, 0.1) is 6.92 Å². The van der Waals surface area contributed by atoms with Crippen LogP contribution in [0.1, 0.15) is 33.1 Å². The van der Waals surface area contributed by atoms with E-state index < -0.39 is 10.0 Å². The first-order valence-corrected chi connectivity index (χ1v) is 12.5. The fraction of sp³-hybridized carbons (Fsp3) is 0.0741. The molecule has 4 rings (SSSR count). The third kappa shape index (κ3) is 5.30. The first kappa shape index (κ1) is 23.5. The second kappa shape index (κ2) is 10.1. The number of aryl methyl sites for hydroxylation is 1. The fourth-order valence-corrected chi connectivity index (χ4v) is 5.02. The summed E-state index contributed by atoms with van der Waals surface area (Å²) in [4.78, 5) is 13.4. The summed E-state index contributed by atoms with van der Waals surface area (Å²) in [5.41, 5.74) is 3.48. The molecule has 0 saturated heterocycles. The first-order valence-electron chi connectivity index (χ1n) is 10.6. The molecule has 0 aliphatic rings. The average molecular weight is 491 g/mol. The molecular formula is C27H23ClN2O3S. The Balaban J connectivity index is 1.59. The molecule has 172 valence electrons. The molecule has 0 radical (unpaired) electrons. The Morgan fingerprint density at radius 1 is 0.824 bits per heavy atom. The molecule has 0 heterocycles. The Labute approximate surface area is 204 Å². The molecule has 0 aromatic heterocycles. The molecular weight excluding hydrogens is 468 g/mol. The fourth-order valence-electron chi connectivity index (χ4n) is 3.68. The number of carbonyl (C=O) groups excluding carboxylic acids is 1. The van der Waals surface area contributed by atoms with Gasteiger partial charge in [-0.05, 0) is 53.9 Å². The van der Waals surface area contributed by atoms with Crippen LogP contribution in [0.5, 0.6) is 0 Å². The largest absolute Gasteiger partial charge is 0.341 e. The molecule has 0 unspecified atom stereocenters. The number of carbonyl (C=O) groups is 1. The van der Waals surface area contributed by atoms with Gasteiger partial charge in [0, 0.05) is 0 Å². The zero-order valence-corrected chi connectivity index (χ0v) is 20.0. The lowest BCUT2D eigenvalue weighted by Crippen LogP contribution is -2.30. The van der Waals surface area contributed by atoms with Crippen LogP contribution in [-0.2, 0) is 10.0 Å². The number of sulfonamides is 1. The first-order chi connectivity index (χ1) is 16.3. The summed E-state index contributed by atoms with van der Waals surface area (Å²) in [7, 11) is -3.77. The number of nitrogens with one attached hydrogen (secondary N) is 2. The van der Waals surface area contributed by atoms with Gasteiger partial charge in [0.25, 0.3) is 15.9 Å². The van der Waals surface area contributed by atoms with Crippen molar-refractivity contribution in [2.75, 3.05) is 4.72 Å². The Bertz CT molecular complexity index is 1410. The molecule has 34 heavy (non-hydrogen) atoms. The van der Waals surface area contributed by atoms with Crippen LogP contribution in [0.25, 0.3) is 0 Å². The smallest absolute Gasteiger partial charge is 0.261 e. The molecule has 0 bridgehead atoms. The Kier molecular flexibility index (Phi) is 7.01. The van der Waals surface area contributed by atoms with Gasteiger partial charge in [0.1, 0.15) is 0 Å². The maximum absolute atomic E-state index is 13.2. The monoisotopic (exact) mass is 490 g/mol. The molecule has 7 heteroatoms. The third-order valence-electron chi connectivity index (χ3n) is 5.43. The molecule has 4 aromatic rings. The highest BCUT2D eigenvalue weighted by atomic mass is 35.5. The van der Waals surface area contributed by atoms with Crippen LogP contribution in [0.4, 0.5) is 5.69 Å². The summed E-state index contributed by atoms with van der Waals surface area (Å²) in [6.45, 7) is 2.00. The van der Waals surface area contributed by atoms with E-state index in [9.17, 15) is 13.2 Å². The summed E-state index contributed by atoms with van der Waals surface area (Å²) in [6, 6.07) is 29.7. The highest BCUT2D eigenvalue weighted by molar-refractivity contribution is 7.92. The summed E-state index contributed by atoms with van der Waals surface area (Å²) in [5.74, 6) is -0.362. The highest BCUT2D eigenvalue weighted by Gasteiger charge is 2.21. The second-order valence-corrected chi connectivity index (χ2v) is 9.88. The molecule has 4 aromatic carbocycles.